The second-order valence-electron chi connectivity index (χ2n) is 7.44. The van der Waals surface area contributed by atoms with Gasteiger partial charge in [-0.1, -0.05) is 12.1 Å². The van der Waals surface area contributed by atoms with Gasteiger partial charge in [0.25, 0.3) is 0 Å². The van der Waals surface area contributed by atoms with Crippen molar-refractivity contribution in [2.24, 2.45) is 0 Å². The molecule has 0 radical (unpaired) electrons. The van der Waals surface area contributed by atoms with Crippen LogP contribution in [0.25, 0.3) is 0 Å². The summed E-state index contributed by atoms with van der Waals surface area (Å²) in [5.41, 5.74) is 1.19. The zero-order valence-corrected chi connectivity index (χ0v) is 19.7. The van der Waals surface area contributed by atoms with Crippen LogP contribution in [0, 0.1) is 0 Å². The molecule has 1 aromatic carbocycles. The first-order chi connectivity index (χ1) is 15.1. The summed E-state index contributed by atoms with van der Waals surface area (Å²) in [5, 5.41) is 8.63. The lowest BCUT2D eigenvalue weighted by Gasteiger charge is -2.13. The summed E-state index contributed by atoms with van der Waals surface area (Å²) < 4.78 is 11.1. The number of carbonyl (C=O) groups excluding carboxylic acids is 2. The second kappa shape index (κ2) is 15.2. The number of hydrogen-bond donors (Lipinski definition) is 3. The van der Waals surface area contributed by atoms with E-state index in [1.807, 2.05) is 43.0 Å². The van der Waals surface area contributed by atoms with Gasteiger partial charge in [-0.2, -0.15) is 11.8 Å². The number of alkyl halides is 1. The number of thioether (sulfide) groups is 1. The lowest BCUT2D eigenvalue weighted by molar-refractivity contribution is -0.121. The minimum Gasteiger partial charge on any atom is -0.491 e. The van der Waals surface area contributed by atoms with Crippen molar-refractivity contribution in [3.63, 3.8) is 0 Å². The fourth-order valence-electron chi connectivity index (χ4n) is 3.06. The molecule has 1 aromatic rings. The van der Waals surface area contributed by atoms with Crippen LogP contribution in [0.3, 0.4) is 0 Å². The molecule has 0 aliphatic carbocycles. The van der Waals surface area contributed by atoms with Crippen LogP contribution in [0.5, 0.6) is 5.75 Å². The predicted octanol–water partition coefficient (Wildman–Crippen LogP) is 2.95. The summed E-state index contributed by atoms with van der Waals surface area (Å²) >= 11 is 7.54. The van der Waals surface area contributed by atoms with Gasteiger partial charge < -0.3 is 25.4 Å². The van der Waals surface area contributed by atoms with Gasteiger partial charge in [-0.3, -0.25) is 4.79 Å². The van der Waals surface area contributed by atoms with Gasteiger partial charge >= 0.3 is 6.03 Å². The van der Waals surface area contributed by atoms with Crippen molar-refractivity contribution in [3.05, 3.63) is 29.8 Å². The molecule has 1 fully saturated rings. The SMILES string of the molecule is CC1NC(=O)NC1CSCCCCC(=O)NCCOCCOc1ccc(CCCl)cc1. The molecule has 174 valence electrons. The van der Waals surface area contributed by atoms with Crippen molar-refractivity contribution in [1.29, 1.82) is 0 Å². The number of halogens is 1. The van der Waals surface area contributed by atoms with E-state index in [0.29, 0.717) is 38.7 Å². The Hall–Kier alpha value is -1.64. The maximum absolute atomic E-state index is 11.8. The first-order valence-corrected chi connectivity index (χ1v) is 12.5. The summed E-state index contributed by atoms with van der Waals surface area (Å²) in [6.07, 6.45) is 3.24. The van der Waals surface area contributed by atoms with Crippen LogP contribution in [-0.4, -0.2) is 67.8 Å². The van der Waals surface area contributed by atoms with E-state index in [1.54, 1.807) is 0 Å². The van der Waals surface area contributed by atoms with Crippen LogP contribution in [0.15, 0.2) is 24.3 Å². The Kier molecular flexibility index (Phi) is 12.6. The first kappa shape index (κ1) is 25.6. The number of carbonyl (C=O) groups is 2. The fraction of sp³-hybridized carbons (Fsp3) is 0.636. The monoisotopic (exact) mass is 471 g/mol. The molecule has 7 nitrogen and oxygen atoms in total. The zero-order valence-electron chi connectivity index (χ0n) is 18.2. The van der Waals surface area contributed by atoms with Crippen molar-refractivity contribution in [2.75, 3.05) is 43.8 Å². The molecule has 1 heterocycles. The molecule has 1 saturated heterocycles. The quantitative estimate of drug-likeness (QED) is 0.255. The standard InChI is InChI=1S/C22H34ClN3O4S/c1-17-20(26-22(28)25-17)16-31-15-3-2-4-21(27)24-11-12-29-13-14-30-19-7-5-18(6-8-19)9-10-23/h5-8,17,20H,2-4,9-16H2,1H3,(H,24,27)(H2,25,26,28). The number of aryl methyl sites for hydroxylation is 1. The van der Waals surface area contributed by atoms with E-state index in [4.69, 9.17) is 21.1 Å². The highest BCUT2D eigenvalue weighted by Crippen LogP contribution is 2.13. The van der Waals surface area contributed by atoms with Gasteiger partial charge in [0.2, 0.25) is 5.91 Å². The van der Waals surface area contributed by atoms with Crippen LogP contribution in [0.2, 0.25) is 0 Å². The third-order valence-corrected chi connectivity index (χ3v) is 6.25. The molecule has 1 aliphatic rings. The number of hydrogen-bond acceptors (Lipinski definition) is 5. The Morgan fingerprint density at radius 3 is 2.68 bits per heavy atom. The zero-order chi connectivity index (χ0) is 22.3. The Morgan fingerprint density at radius 2 is 1.97 bits per heavy atom. The predicted molar refractivity (Wildman–Crippen MR) is 126 cm³/mol. The van der Waals surface area contributed by atoms with E-state index in [-0.39, 0.29) is 24.0 Å². The highest BCUT2D eigenvalue weighted by molar-refractivity contribution is 7.99. The largest absolute Gasteiger partial charge is 0.491 e. The summed E-state index contributed by atoms with van der Waals surface area (Å²) in [6.45, 7) is 3.93. The molecule has 2 atom stereocenters. The molecule has 3 amide bonds. The van der Waals surface area contributed by atoms with Gasteiger partial charge in [0.15, 0.2) is 0 Å². The molecule has 0 spiro atoms. The van der Waals surface area contributed by atoms with Crippen LogP contribution in [-0.2, 0) is 16.0 Å². The molecule has 3 N–H and O–H groups in total. The van der Waals surface area contributed by atoms with Crippen molar-refractivity contribution in [3.8, 4) is 5.75 Å². The number of amides is 3. The average molecular weight is 472 g/mol. The van der Waals surface area contributed by atoms with Crippen LogP contribution < -0.4 is 20.7 Å². The summed E-state index contributed by atoms with van der Waals surface area (Å²) in [7, 11) is 0. The number of unbranched alkanes of at least 4 members (excludes halogenated alkanes) is 1. The van der Waals surface area contributed by atoms with Crippen LogP contribution in [0.1, 0.15) is 31.7 Å². The molecule has 0 bridgehead atoms. The van der Waals surface area contributed by atoms with Gasteiger partial charge in [-0.15, -0.1) is 11.6 Å². The molecule has 9 heteroatoms. The number of ether oxygens (including phenoxy) is 2. The van der Waals surface area contributed by atoms with Gasteiger partial charge in [0.05, 0.1) is 19.3 Å². The average Bonchev–Trinajstić information content (AvgIpc) is 3.08. The lowest BCUT2D eigenvalue weighted by Crippen LogP contribution is -2.33. The van der Waals surface area contributed by atoms with Gasteiger partial charge in [0.1, 0.15) is 12.4 Å². The van der Waals surface area contributed by atoms with Crippen LogP contribution in [0.4, 0.5) is 4.79 Å². The third-order valence-electron chi connectivity index (χ3n) is 4.89. The number of urea groups is 1. The van der Waals surface area contributed by atoms with E-state index in [1.165, 1.54) is 5.56 Å². The van der Waals surface area contributed by atoms with E-state index in [9.17, 15) is 9.59 Å². The second-order valence-corrected chi connectivity index (χ2v) is 8.97. The molecule has 2 unspecified atom stereocenters. The Bertz CT molecular complexity index is 663. The molecule has 0 aromatic heterocycles. The number of nitrogens with one attached hydrogen (secondary N) is 3. The Morgan fingerprint density at radius 1 is 1.16 bits per heavy atom. The van der Waals surface area contributed by atoms with Gasteiger partial charge in [-0.25, -0.2) is 4.79 Å². The summed E-state index contributed by atoms with van der Waals surface area (Å²) in [6, 6.07) is 8.18. The normalized spacial score (nSPS) is 17.8. The van der Waals surface area contributed by atoms with Gasteiger partial charge in [0, 0.05) is 30.6 Å². The van der Waals surface area contributed by atoms with E-state index in [0.717, 1.165) is 36.5 Å². The van der Waals surface area contributed by atoms with E-state index in [2.05, 4.69) is 16.0 Å². The van der Waals surface area contributed by atoms with E-state index >= 15 is 0 Å². The summed E-state index contributed by atoms with van der Waals surface area (Å²) in [4.78, 5) is 23.1. The van der Waals surface area contributed by atoms with Gasteiger partial charge in [-0.05, 0) is 49.6 Å². The minimum absolute atomic E-state index is 0.0581. The molecule has 0 saturated carbocycles. The summed E-state index contributed by atoms with van der Waals surface area (Å²) in [5.74, 6) is 3.37. The highest BCUT2D eigenvalue weighted by atomic mass is 35.5. The van der Waals surface area contributed by atoms with E-state index < -0.39 is 0 Å². The number of benzene rings is 1. The molecular weight excluding hydrogens is 438 g/mol. The first-order valence-electron chi connectivity index (χ1n) is 10.9. The third kappa shape index (κ3) is 11.0. The fourth-order valence-corrected chi connectivity index (χ4v) is 4.48. The Balaban J connectivity index is 1.37. The smallest absolute Gasteiger partial charge is 0.315 e. The maximum Gasteiger partial charge on any atom is 0.315 e. The molecule has 2 rings (SSSR count). The van der Waals surface area contributed by atoms with Crippen molar-refractivity contribution < 1.29 is 19.1 Å². The van der Waals surface area contributed by atoms with Crippen LogP contribution >= 0.6 is 23.4 Å². The minimum atomic E-state index is -0.0839. The number of rotatable bonds is 16. The van der Waals surface area contributed by atoms with Crippen molar-refractivity contribution in [2.45, 2.75) is 44.7 Å². The van der Waals surface area contributed by atoms with Crippen molar-refractivity contribution in [1.82, 2.24) is 16.0 Å². The molecule has 31 heavy (non-hydrogen) atoms. The highest BCUT2D eigenvalue weighted by Gasteiger charge is 2.27. The molecule has 1 aliphatic heterocycles. The maximum atomic E-state index is 11.8. The topological polar surface area (TPSA) is 88.7 Å². The van der Waals surface area contributed by atoms with Crippen molar-refractivity contribution >= 4 is 35.3 Å². The Labute approximate surface area is 194 Å². The molecular formula is C22H34ClN3O4S. The lowest BCUT2D eigenvalue weighted by atomic mass is 10.2.